The SMILES string of the molecule is Cl.O=[N+]([O-])c1cc(Cl)ccc1S(=O)(=O)N1CCC(N2CCNCC2)C1. The third-order valence-corrected chi connectivity index (χ3v) is 6.68. The largest absolute Gasteiger partial charge is 0.314 e. The fourth-order valence-electron chi connectivity index (χ4n) is 3.26. The van der Waals surface area contributed by atoms with Gasteiger partial charge in [-0.3, -0.25) is 15.0 Å². The number of nitro benzene ring substituents is 1. The Kier molecular flexibility index (Phi) is 6.63. The molecular formula is C14H20Cl2N4O4S. The summed E-state index contributed by atoms with van der Waals surface area (Å²) in [4.78, 5) is 12.5. The van der Waals surface area contributed by atoms with Crippen LogP contribution in [0.1, 0.15) is 6.42 Å². The molecule has 1 atom stereocenters. The predicted octanol–water partition coefficient (Wildman–Crippen LogP) is 1.34. The molecule has 140 valence electrons. The van der Waals surface area contributed by atoms with Crippen molar-refractivity contribution in [3.8, 4) is 0 Å². The van der Waals surface area contributed by atoms with Gasteiger partial charge < -0.3 is 5.32 Å². The van der Waals surface area contributed by atoms with Crippen LogP contribution in [0.3, 0.4) is 0 Å². The molecule has 11 heteroatoms. The van der Waals surface area contributed by atoms with Crippen LogP contribution in [-0.4, -0.2) is 67.9 Å². The number of nitrogens with zero attached hydrogens (tertiary/aromatic N) is 3. The van der Waals surface area contributed by atoms with Crippen molar-refractivity contribution in [2.75, 3.05) is 39.3 Å². The quantitative estimate of drug-likeness (QED) is 0.594. The lowest BCUT2D eigenvalue weighted by atomic mass is 10.2. The van der Waals surface area contributed by atoms with E-state index < -0.39 is 20.6 Å². The van der Waals surface area contributed by atoms with Gasteiger partial charge >= 0.3 is 0 Å². The minimum absolute atomic E-state index is 0. The standard InChI is InChI=1S/C14H19ClN4O4S.ClH/c15-11-1-2-14(13(9-11)19(20)21)24(22,23)18-6-3-12(10-18)17-7-4-16-5-8-17;/h1-2,9,12,16H,3-8,10H2;1H. The van der Waals surface area contributed by atoms with E-state index >= 15 is 0 Å². The summed E-state index contributed by atoms with van der Waals surface area (Å²) in [6, 6.07) is 3.82. The third-order valence-electron chi connectivity index (χ3n) is 4.53. The molecular weight excluding hydrogens is 391 g/mol. The molecule has 0 radical (unpaired) electrons. The topological polar surface area (TPSA) is 95.8 Å². The molecule has 0 aliphatic carbocycles. The van der Waals surface area contributed by atoms with E-state index in [9.17, 15) is 18.5 Å². The average molecular weight is 411 g/mol. The summed E-state index contributed by atoms with van der Waals surface area (Å²) in [5.74, 6) is 0. The second-order valence-corrected chi connectivity index (χ2v) is 8.30. The highest BCUT2D eigenvalue weighted by Crippen LogP contribution is 2.31. The molecule has 2 aliphatic rings. The molecule has 1 N–H and O–H groups in total. The van der Waals surface area contributed by atoms with Crippen LogP contribution in [0.25, 0.3) is 0 Å². The molecule has 25 heavy (non-hydrogen) atoms. The highest BCUT2D eigenvalue weighted by molar-refractivity contribution is 7.89. The van der Waals surface area contributed by atoms with Gasteiger partial charge in [0.25, 0.3) is 5.69 Å². The van der Waals surface area contributed by atoms with Crippen LogP contribution in [0.15, 0.2) is 23.1 Å². The maximum absolute atomic E-state index is 12.8. The number of piperazine rings is 1. The molecule has 0 amide bonds. The first-order valence-electron chi connectivity index (χ1n) is 7.78. The van der Waals surface area contributed by atoms with Crippen LogP contribution in [0.5, 0.6) is 0 Å². The van der Waals surface area contributed by atoms with E-state index in [-0.39, 0.29) is 28.4 Å². The number of hydrogen-bond donors (Lipinski definition) is 1. The monoisotopic (exact) mass is 410 g/mol. The van der Waals surface area contributed by atoms with Crippen molar-refractivity contribution >= 4 is 39.7 Å². The van der Waals surface area contributed by atoms with E-state index in [2.05, 4.69) is 10.2 Å². The van der Waals surface area contributed by atoms with Gasteiger partial charge in [0, 0.05) is 56.4 Å². The Morgan fingerprint density at radius 2 is 1.92 bits per heavy atom. The van der Waals surface area contributed by atoms with Gasteiger partial charge in [0.2, 0.25) is 10.0 Å². The van der Waals surface area contributed by atoms with Gasteiger partial charge in [-0.15, -0.1) is 12.4 Å². The minimum Gasteiger partial charge on any atom is -0.314 e. The van der Waals surface area contributed by atoms with Gasteiger partial charge in [-0.2, -0.15) is 4.31 Å². The Hall–Kier alpha value is -0.970. The number of rotatable bonds is 4. The molecule has 2 saturated heterocycles. The van der Waals surface area contributed by atoms with Crippen molar-refractivity contribution in [3.63, 3.8) is 0 Å². The van der Waals surface area contributed by atoms with E-state index in [1.807, 2.05) is 0 Å². The number of nitrogens with one attached hydrogen (secondary N) is 1. The Labute approximate surface area is 157 Å². The van der Waals surface area contributed by atoms with Gasteiger partial charge in [-0.05, 0) is 18.6 Å². The molecule has 0 bridgehead atoms. The second-order valence-electron chi connectivity index (χ2n) is 5.96. The molecule has 8 nitrogen and oxygen atoms in total. The summed E-state index contributed by atoms with van der Waals surface area (Å²) >= 11 is 5.77. The zero-order chi connectivity index (χ0) is 17.3. The summed E-state index contributed by atoms with van der Waals surface area (Å²) in [5.41, 5.74) is -0.479. The van der Waals surface area contributed by atoms with Crippen molar-refractivity contribution in [2.24, 2.45) is 0 Å². The summed E-state index contributed by atoms with van der Waals surface area (Å²) in [7, 11) is -3.91. The summed E-state index contributed by atoms with van der Waals surface area (Å²) in [6.45, 7) is 4.30. The smallest absolute Gasteiger partial charge is 0.290 e. The van der Waals surface area contributed by atoms with Gasteiger partial charge in [0.05, 0.1) is 4.92 Å². The Balaban J connectivity index is 0.00000225. The Morgan fingerprint density at radius 3 is 2.56 bits per heavy atom. The number of halogens is 2. The molecule has 1 unspecified atom stereocenters. The molecule has 0 saturated carbocycles. The van der Waals surface area contributed by atoms with Crippen molar-refractivity contribution in [1.29, 1.82) is 0 Å². The first-order chi connectivity index (χ1) is 11.4. The lowest BCUT2D eigenvalue weighted by Gasteiger charge is -2.32. The molecule has 1 aromatic carbocycles. The lowest BCUT2D eigenvalue weighted by molar-refractivity contribution is -0.387. The fourth-order valence-corrected chi connectivity index (χ4v) is 5.06. The van der Waals surface area contributed by atoms with E-state index in [0.29, 0.717) is 13.1 Å². The van der Waals surface area contributed by atoms with Crippen molar-refractivity contribution < 1.29 is 13.3 Å². The number of benzene rings is 1. The molecule has 1 aromatic rings. The van der Waals surface area contributed by atoms with Crippen molar-refractivity contribution in [3.05, 3.63) is 33.3 Å². The maximum Gasteiger partial charge on any atom is 0.290 e. The van der Waals surface area contributed by atoms with Crippen molar-refractivity contribution in [1.82, 2.24) is 14.5 Å². The van der Waals surface area contributed by atoms with E-state index in [4.69, 9.17) is 11.6 Å². The number of sulfonamides is 1. The Morgan fingerprint density at radius 1 is 1.24 bits per heavy atom. The normalized spacial score (nSPS) is 22.5. The van der Waals surface area contributed by atoms with E-state index in [1.54, 1.807) is 0 Å². The molecule has 2 fully saturated rings. The third kappa shape index (κ3) is 4.24. The van der Waals surface area contributed by atoms with Gasteiger partial charge in [-0.25, -0.2) is 8.42 Å². The molecule has 2 aliphatic heterocycles. The molecule has 2 heterocycles. The van der Waals surface area contributed by atoms with Gasteiger partial charge in [-0.1, -0.05) is 11.6 Å². The first-order valence-corrected chi connectivity index (χ1v) is 9.60. The van der Waals surface area contributed by atoms with Crippen molar-refractivity contribution in [2.45, 2.75) is 17.4 Å². The Bertz CT molecular complexity index is 740. The average Bonchev–Trinajstić information content (AvgIpc) is 3.06. The van der Waals surface area contributed by atoms with E-state index in [0.717, 1.165) is 38.7 Å². The van der Waals surface area contributed by atoms with Crippen LogP contribution >= 0.6 is 24.0 Å². The van der Waals surface area contributed by atoms with Gasteiger partial charge in [0.1, 0.15) is 0 Å². The first kappa shape index (κ1) is 20.3. The molecule has 0 spiro atoms. The van der Waals surface area contributed by atoms with Crippen LogP contribution in [0, 0.1) is 10.1 Å². The second kappa shape index (κ2) is 8.15. The van der Waals surface area contributed by atoms with Crippen LogP contribution in [0.2, 0.25) is 5.02 Å². The highest BCUT2D eigenvalue weighted by Gasteiger charge is 2.38. The number of hydrogen-bond acceptors (Lipinski definition) is 6. The van der Waals surface area contributed by atoms with Crippen LogP contribution < -0.4 is 5.32 Å². The predicted molar refractivity (Wildman–Crippen MR) is 97.0 cm³/mol. The van der Waals surface area contributed by atoms with Crippen LogP contribution in [-0.2, 0) is 10.0 Å². The summed E-state index contributed by atoms with van der Waals surface area (Å²) < 4.78 is 27.0. The molecule has 3 rings (SSSR count). The van der Waals surface area contributed by atoms with E-state index in [1.165, 1.54) is 16.4 Å². The van der Waals surface area contributed by atoms with Crippen LogP contribution in [0.4, 0.5) is 5.69 Å². The zero-order valence-electron chi connectivity index (χ0n) is 13.4. The fraction of sp³-hybridized carbons (Fsp3) is 0.571. The molecule has 0 aromatic heterocycles. The summed E-state index contributed by atoms with van der Waals surface area (Å²) in [5, 5.41) is 14.6. The van der Waals surface area contributed by atoms with Gasteiger partial charge in [0.15, 0.2) is 4.90 Å². The lowest BCUT2D eigenvalue weighted by Crippen LogP contribution is -2.49. The summed E-state index contributed by atoms with van der Waals surface area (Å²) in [6.07, 6.45) is 0.737. The minimum atomic E-state index is -3.91. The highest BCUT2D eigenvalue weighted by atomic mass is 35.5. The maximum atomic E-state index is 12.8. The zero-order valence-corrected chi connectivity index (χ0v) is 15.8. The number of nitro groups is 1.